The van der Waals surface area contributed by atoms with Gasteiger partial charge in [-0.2, -0.15) is 0 Å². The van der Waals surface area contributed by atoms with Crippen molar-refractivity contribution >= 4 is 33.3 Å². The maximum Gasteiger partial charge on any atom is 0.223 e. The zero-order chi connectivity index (χ0) is 17.3. The number of hydrogen-bond acceptors (Lipinski definition) is 6. The number of anilines is 1. The van der Waals surface area contributed by atoms with E-state index in [4.69, 9.17) is 4.74 Å². The number of nitrogens with zero attached hydrogens (tertiary/aromatic N) is 4. The number of carbonyl (C=O) groups is 1. The molecule has 0 radical (unpaired) electrons. The second-order valence-corrected chi connectivity index (χ2v) is 8.07. The van der Waals surface area contributed by atoms with E-state index in [2.05, 4.69) is 20.2 Å². The van der Waals surface area contributed by atoms with Crippen molar-refractivity contribution in [2.75, 3.05) is 44.8 Å². The molecule has 4 heterocycles. The van der Waals surface area contributed by atoms with Crippen LogP contribution < -0.4 is 4.90 Å². The van der Waals surface area contributed by atoms with Gasteiger partial charge in [-0.15, -0.1) is 11.3 Å². The standard InChI is InChI=1S/C18H24N4O2S/c1-24-9-2-6-22-12-18(11-15(22)23)4-7-21(8-5-18)17-16-14(3-10-25-16)19-13-20-17/h3,10,13H,2,4-9,11-12H2,1H3. The second kappa shape index (κ2) is 6.88. The SMILES string of the molecule is COCCCN1CC2(CCN(c3ncnc4ccsc34)CC2)CC1=O. The number of likely N-dealkylation sites (tertiary alicyclic amines) is 1. The van der Waals surface area contributed by atoms with Gasteiger partial charge in [0.2, 0.25) is 5.91 Å². The highest BCUT2D eigenvalue weighted by molar-refractivity contribution is 7.17. The first-order chi connectivity index (χ1) is 12.2. The molecule has 2 aromatic heterocycles. The first kappa shape index (κ1) is 16.7. The van der Waals surface area contributed by atoms with Crippen molar-refractivity contribution in [3.63, 3.8) is 0 Å². The third-order valence-electron chi connectivity index (χ3n) is 5.53. The number of thiophene rings is 1. The summed E-state index contributed by atoms with van der Waals surface area (Å²) in [7, 11) is 1.71. The molecule has 2 aliphatic rings. The van der Waals surface area contributed by atoms with Crippen LogP contribution in [0.4, 0.5) is 5.82 Å². The average Bonchev–Trinajstić information content (AvgIpc) is 3.21. The summed E-state index contributed by atoms with van der Waals surface area (Å²) < 4.78 is 6.28. The third-order valence-corrected chi connectivity index (χ3v) is 6.43. The summed E-state index contributed by atoms with van der Waals surface area (Å²) in [5, 5.41) is 2.07. The Kier molecular flexibility index (Phi) is 4.60. The maximum absolute atomic E-state index is 12.4. The molecule has 25 heavy (non-hydrogen) atoms. The van der Waals surface area contributed by atoms with E-state index in [0.29, 0.717) is 12.3 Å². The van der Waals surface area contributed by atoms with E-state index in [1.165, 1.54) is 4.70 Å². The molecule has 2 aromatic rings. The van der Waals surface area contributed by atoms with Crippen molar-refractivity contribution in [1.82, 2.24) is 14.9 Å². The van der Waals surface area contributed by atoms with Crippen LogP contribution in [0.15, 0.2) is 17.8 Å². The molecule has 7 heteroatoms. The Bertz CT molecular complexity index is 754. The average molecular weight is 360 g/mol. The summed E-state index contributed by atoms with van der Waals surface area (Å²) >= 11 is 1.70. The van der Waals surface area contributed by atoms with Crippen LogP contribution in [0.3, 0.4) is 0 Å². The molecule has 4 rings (SSSR count). The normalized spacial score (nSPS) is 20.1. The molecule has 0 bridgehead atoms. The third kappa shape index (κ3) is 3.22. The lowest BCUT2D eigenvalue weighted by Gasteiger charge is -2.39. The molecule has 2 fully saturated rings. The molecule has 0 aliphatic carbocycles. The number of aromatic nitrogens is 2. The topological polar surface area (TPSA) is 58.6 Å². The molecule has 134 valence electrons. The molecule has 0 N–H and O–H groups in total. The minimum atomic E-state index is 0.155. The lowest BCUT2D eigenvalue weighted by Crippen LogP contribution is -2.42. The fraction of sp³-hybridized carbons (Fsp3) is 0.611. The van der Waals surface area contributed by atoms with Crippen LogP contribution in [0.25, 0.3) is 10.2 Å². The van der Waals surface area contributed by atoms with Gasteiger partial charge in [-0.1, -0.05) is 0 Å². The summed E-state index contributed by atoms with van der Waals surface area (Å²) in [6.07, 6.45) is 5.38. The Balaban J connectivity index is 1.41. The van der Waals surface area contributed by atoms with Crippen molar-refractivity contribution in [1.29, 1.82) is 0 Å². The molecule has 6 nitrogen and oxygen atoms in total. The van der Waals surface area contributed by atoms with Gasteiger partial charge in [-0.3, -0.25) is 4.79 Å². The predicted octanol–water partition coefficient (Wildman–Crippen LogP) is 2.55. The van der Waals surface area contributed by atoms with Gasteiger partial charge in [0.25, 0.3) is 0 Å². The molecule has 2 saturated heterocycles. The summed E-state index contributed by atoms with van der Waals surface area (Å²) in [6, 6.07) is 2.05. The van der Waals surface area contributed by atoms with Crippen LogP contribution in [0.1, 0.15) is 25.7 Å². The van der Waals surface area contributed by atoms with E-state index in [1.54, 1.807) is 24.8 Å². The predicted molar refractivity (Wildman–Crippen MR) is 99.0 cm³/mol. The fourth-order valence-electron chi connectivity index (χ4n) is 4.11. The van der Waals surface area contributed by atoms with E-state index in [1.807, 2.05) is 11.0 Å². The summed E-state index contributed by atoms with van der Waals surface area (Å²) in [6.45, 7) is 4.36. The lowest BCUT2D eigenvalue weighted by atomic mass is 9.77. The smallest absolute Gasteiger partial charge is 0.223 e. The molecular formula is C18H24N4O2S. The molecule has 2 aliphatic heterocycles. The number of ether oxygens (including phenoxy) is 1. The number of hydrogen-bond donors (Lipinski definition) is 0. The summed E-state index contributed by atoms with van der Waals surface area (Å²) in [5.74, 6) is 1.36. The Morgan fingerprint density at radius 2 is 2.16 bits per heavy atom. The lowest BCUT2D eigenvalue weighted by molar-refractivity contribution is -0.128. The molecule has 0 saturated carbocycles. The van der Waals surface area contributed by atoms with Gasteiger partial charge >= 0.3 is 0 Å². The Morgan fingerprint density at radius 1 is 1.32 bits per heavy atom. The Labute approximate surface area is 151 Å². The minimum Gasteiger partial charge on any atom is -0.385 e. The summed E-state index contributed by atoms with van der Waals surface area (Å²) in [5.41, 5.74) is 1.18. The number of piperidine rings is 1. The van der Waals surface area contributed by atoms with Gasteiger partial charge < -0.3 is 14.5 Å². The van der Waals surface area contributed by atoms with Crippen LogP contribution >= 0.6 is 11.3 Å². The van der Waals surface area contributed by atoms with E-state index in [0.717, 1.165) is 63.4 Å². The van der Waals surface area contributed by atoms with Gasteiger partial charge in [-0.05, 0) is 30.7 Å². The zero-order valence-corrected chi connectivity index (χ0v) is 15.4. The highest BCUT2D eigenvalue weighted by atomic mass is 32.1. The van der Waals surface area contributed by atoms with Gasteiger partial charge in [0.05, 0.1) is 10.2 Å². The van der Waals surface area contributed by atoms with Gasteiger partial charge in [-0.25, -0.2) is 9.97 Å². The van der Waals surface area contributed by atoms with Crippen molar-refractivity contribution in [3.05, 3.63) is 17.8 Å². The summed E-state index contributed by atoms with van der Waals surface area (Å²) in [4.78, 5) is 25.7. The highest BCUT2D eigenvalue weighted by Gasteiger charge is 2.44. The zero-order valence-electron chi connectivity index (χ0n) is 14.6. The van der Waals surface area contributed by atoms with Crippen molar-refractivity contribution in [2.24, 2.45) is 5.41 Å². The van der Waals surface area contributed by atoms with Gasteiger partial charge in [0.15, 0.2) is 0 Å². The highest BCUT2D eigenvalue weighted by Crippen LogP contribution is 2.42. The second-order valence-electron chi connectivity index (χ2n) is 7.16. The van der Waals surface area contributed by atoms with Gasteiger partial charge in [0, 0.05) is 51.7 Å². The number of amides is 1. The first-order valence-electron chi connectivity index (χ1n) is 8.91. The molecule has 0 atom stereocenters. The van der Waals surface area contributed by atoms with Crippen LogP contribution in [-0.4, -0.2) is 60.7 Å². The largest absolute Gasteiger partial charge is 0.385 e. The van der Waals surface area contributed by atoms with Crippen LogP contribution in [0, 0.1) is 5.41 Å². The van der Waals surface area contributed by atoms with Gasteiger partial charge in [0.1, 0.15) is 12.1 Å². The molecule has 1 amide bonds. The first-order valence-corrected chi connectivity index (χ1v) is 9.79. The van der Waals surface area contributed by atoms with Crippen LogP contribution in [-0.2, 0) is 9.53 Å². The Morgan fingerprint density at radius 3 is 2.96 bits per heavy atom. The Hall–Kier alpha value is -1.73. The van der Waals surface area contributed by atoms with Crippen LogP contribution in [0.2, 0.25) is 0 Å². The molecule has 0 aromatic carbocycles. The van der Waals surface area contributed by atoms with Crippen LogP contribution in [0.5, 0.6) is 0 Å². The number of rotatable bonds is 5. The number of methoxy groups -OCH3 is 1. The quantitative estimate of drug-likeness (QED) is 0.767. The number of carbonyl (C=O) groups excluding carboxylic acids is 1. The van der Waals surface area contributed by atoms with E-state index < -0.39 is 0 Å². The number of fused-ring (bicyclic) bond motifs is 1. The van der Waals surface area contributed by atoms with E-state index in [-0.39, 0.29) is 5.41 Å². The van der Waals surface area contributed by atoms with E-state index in [9.17, 15) is 4.79 Å². The maximum atomic E-state index is 12.4. The fourth-order valence-corrected chi connectivity index (χ4v) is 4.98. The molecule has 1 spiro atoms. The minimum absolute atomic E-state index is 0.155. The van der Waals surface area contributed by atoms with E-state index >= 15 is 0 Å². The van der Waals surface area contributed by atoms with Crippen molar-refractivity contribution in [3.8, 4) is 0 Å². The van der Waals surface area contributed by atoms with Crippen molar-refractivity contribution in [2.45, 2.75) is 25.7 Å². The van der Waals surface area contributed by atoms with Crippen molar-refractivity contribution < 1.29 is 9.53 Å². The molecular weight excluding hydrogens is 336 g/mol. The monoisotopic (exact) mass is 360 g/mol. The molecule has 0 unspecified atom stereocenters.